The topological polar surface area (TPSA) is 52.2 Å². The molecular weight excluding hydrogens is 297 g/mol. The molecule has 8 heteroatoms. The van der Waals surface area contributed by atoms with Gasteiger partial charge in [0.15, 0.2) is 5.65 Å². The van der Waals surface area contributed by atoms with E-state index in [0.717, 1.165) is 4.57 Å². The summed E-state index contributed by atoms with van der Waals surface area (Å²) in [5.41, 5.74) is 1.25. The molecule has 22 heavy (non-hydrogen) atoms. The van der Waals surface area contributed by atoms with E-state index in [1.165, 1.54) is 12.3 Å². The molecule has 114 valence electrons. The number of nitrogens with zero attached hydrogens (tertiary/aromatic N) is 4. The quantitative estimate of drug-likeness (QED) is 0.747. The molecular formula is C14H11F3N4O. The van der Waals surface area contributed by atoms with E-state index in [9.17, 15) is 18.0 Å². The molecule has 0 fully saturated rings. The highest BCUT2D eigenvalue weighted by Gasteiger charge is 2.26. The van der Waals surface area contributed by atoms with E-state index in [2.05, 4.69) is 10.1 Å². The van der Waals surface area contributed by atoms with Gasteiger partial charge in [-0.25, -0.2) is 9.50 Å². The van der Waals surface area contributed by atoms with Gasteiger partial charge < -0.3 is 4.57 Å². The molecule has 0 bridgehead atoms. The van der Waals surface area contributed by atoms with Crippen LogP contribution in [0, 0.1) is 0 Å². The van der Waals surface area contributed by atoms with Crippen LogP contribution in [-0.2, 0) is 6.54 Å². The lowest BCUT2D eigenvalue weighted by Gasteiger charge is -2.09. The normalized spacial score (nSPS) is 12.0. The van der Waals surface area contributed by atoms with E-state index in [4.69, 9.17) is 0 Å². The van der Waals surface area contributed by atoms with Gasteiger partial charge in [0.1, 0.15) is 0 Å². The van der Waals surface area contributed by atoms with Crippen molar-refractivity contribution in [3.05, 3.63) is 53.2 Å². The maximum atomic E-state index is 12.2. The molecule has 0 saturated heterocycles. The van der Waals surface area contributed by atoms with Crippen molar-refractivity contribution in [2.45, 2.75) is 19.1 Å². The number of rotatable bonds is 3. The van der Waals surface area contributed by atoms with Gasteiger partial charge in [0.2, 0.25) is 0 Å². The predicted molar refractivity (Wildman–Crippen MR) is 73.4 cm³/mol. The molecule has 0 aliphatic heterocycles. The van der Waals surface area contributed by atoms with Gasteiger partial charge in [-0.3, -0.25) is 4.79 Å². The molecule has 3 aromatic heterocycles. The molecule has 3 rings (SSSR count). The number of hydrogen-bond acceptors (Lipinski definition) is 3. The minimum atomic E-state index is -4.29. The van der Waals surface area contributed by atoms with Crippen LogP contribution < -0.4 is 5.56 Å². The highest BCUT2D eigenvalue weighted by atomic mass is 19.4. The third-order valence-electron chi connectivity index (χ3n) is 3.19. The summed E-state index contributed by atoms with van der Waals surface area (Å²) in [6.07, 6.45) is -0.668. The van der Waals surface area contributed by atoms with Crippen molar-refractivity contribution < 1.29 is 13.2 Å². The zero-order valence-electron chi connectivity index (χ0n) is 11.3. The molecule has 0 atom stereocenters. The van der Waals surface area contributed by atoms with E-state index in [-0.39, 0.29) is 0 Å². The lowest BCUT2D eigenvalue weighted by atomic mass is 10.2. The molecule has 0 aromatic carbocycles. The Labute approximate surface area is 122 Å². The van der Waals surface area contributed by atoms with Gasteiger partial charge in [-0.1, -0.05) is 0 Å². The second kappa shape index (κ2) is 5.28. The first-order valence-electron chi connectivity index (χ1n) is 6.50. The second-order valence-electron chi connectivity index (χ2n) is 4.76. The largest absolute Gasteiger partial charge is 0.390 e. The standard InChI is InChI=1S/C14H11F3N4O/c15-14(16,17)4-8-20-6-2-10(9-13(20)22)11-3-7-21-12(19-11)1-5-18-21/h1-3,5-7,9H,4,8H2. The lowest BCUT2D eigenvalue weighted by molar-refractivity contribution is -0.136. The summed E-state index contributed by atoms with van der Waals surface area (Å²) in [5.74, 6) is 0. The van der Waals surface area contributed by atoms with Crippen molar-refractivity contribution >= 4 is 5.65 Å². The van der Waals surface area contributed by atoms with Gasteiger partial charge >= 0.3 is 6.18 Å². The molecule has 0 amide bonds. The molecule has 0 spiro atoms. The first-order chi connectivity index (χ1) is 10.4. The monoisotopic (exact) mass is 308 g/mol. The van der Waals surface area contributed by atoms with Gasteiger partial charge in [0.05, 0.1) is 18.3 Å². The van der Waals surface area contributed by atoms with Crippen LogP contribution in [0.2, 0.25) is 0 Å². The molecule has 0 aliphatic rings. The third-order valence-corrected chi connectivity index (χ3v) is 3.19. The summed E-state index contributed by atoms with van der Waals surface area (Å²) in [4.78, 5) is 16.2. The van der Waals surface area contributed by atoms with Crippen LogP contribution >= 0.6 is 0 Å². The molecule has 0 unspecified atom stereocenters. The van der Waals surface area contributed by atoms with Crippen LogP contribution in [0.1, 0.15) is 6.42 Å². The van der Waals surface area contributed by atoms with Gasteiger partial charge in [0, 0.05) is 36.6 Å². The zero-order chi connectivity index (χ0) is 15.7. The Morgan fingerprint density at radius 2 is 1.95 bits per heavy atom. The zero-order valence-corrected chi connectivity index (χ0v) is 11.3. The van der Waals surface area contributed by atoms with Crippen LogP contribution in [0.4, 0.5) is 13.2 Å². The number of halogens is 3. The Kier molecular flexibility index (Phi) is 3.44. The minimum Gasteiger partial charge on any atom is -0.315 e. The summed E-state index contributed by atoms with van der Waals surface area (Å²) in [5, 5.41) is 4.01. The van der Waals surface area contributed by atoms with Crippen LogP contribution in [0.15, 0.2) is 47.7 Å². The average Bonchev–Trinajstić information content (AvgIpc) is 2.92. The summed E-state index contributed by atoms with van der Waals surface area (Å²) in [6.45, 7) is -0.391. The van der Waals surface area contributed by atoms with Crippen molar-refractivity contribution in [3.8, 4) is 11.3 Å². The van der Waals surface area contributed by atoms with Crippen molar-refractivity contribution in [2.24, 2.45) is 0 Å². The fraction of sp³-hybridized carbons (Fsp3) is 0.214. The summed E-state index contributed by atoms with van der Waals surface area (Å²) in [7, 11) is 0. The summed E-state index contributed by atoms with van der Waals surface area (Å²) in [6, 6.07) is 6.27. The highest BCUT2D eigenvalue weighted by molar-refractivity contribution is 5.60. The van der Waals surface area contributed by atoms with Gasteiger partial charge in [0.25, 0.3) is 5.56 Å². The Morgan fingerprint density at radius 1 is 1.14 bits per heavy atom. The smallest absolute Gasteiger partial charge is 0.315 e. The number of aryl methyl sites for hydroxylation is 1. The van der Waals surface area contributed by atoms with E-state index >= 15 is 0 Å². The van der Waals surface area contributed by atoms with Crippen molar-refractivity contribution in [1.82, 2.24) is 19.2 Å². The van der Waals surface area contributed by atoms with Crippen LogP contribution in [-0.4, -0.2) is 25.3 Å². The first-order valence-corrected chi connectivity index (χ1v) is 6.50. The molecule has 3 heterocycles. The van der Waals surface area contributed by atoms with Gasteiger partial charge in [-0.15, -0.1) is 0 Å². The Balaban J connectivity index is 1.89. The fourth-order valence-electron chi connectivity index (χ4n) is 2.07. The Hall–Kier alpha value is -2.64. The predicted octanol–water partition coefficient (Wildman–Crippen LogP) is 2.51. The Bertz CT molecular complexity index is 866. The number of aromatic nitrogens is 4. The van der Waals surface area contributed by atoms with Crippen LogP contribution in [0.25, 0.3) is 16.9 Å². The van der Waals surface area contributed by atoms with Crippen molar-refractivity contribution in [2.75, 3.05) is 0 Å². The number of pyridine rings is 1. The molecule has 3 aromatic rings. The summed E-state index contributed by atoms with van der Waals surface area (Å²) >= 11 is 0. The summed E-state index contributed by atoms with van der Waals surface area (Å²) < 4.78 is 39.2. The maximum absolute atomic E-state index is 12.2. The number of alkyl halides is 3. The second-order valence-corrected chi connectivity index (χ2v) is 4.76. The van der Waals surface area contributed by atoms with E-state index in [1.54, 1.807) is 35.1 Å². The van der Waals surface area contributed by atoms with Crippen molar-refractivity contribution in [1.29, 1.82) is 0 Å². The highest BCUT2D eigenvalue weighted by Crippen LogP contribution is 2.20. The van der Waals surface area contributed by atoms with Crippen LogP contribution in [0.5, 0.6) is 0 Å². The molecule has 0 aliphatic carbocycles. The van der Waals surface area contributed by atoms with Crippen molar-refractivity contribution in [3.63, 3.8) is 0 Å². The third kappa shape index (κ3) is 3.00. The van der Waals surface area contributed by atoms with Gasteiger partial charge in [-0.2, -0.15) is 18.3 Å². The van der Waals surface area contributed by atoms with E-state index in [0.29, 0.717) is 16.9 Å². The number of fused-ring (bicyclic) bond motifs is 1. The van der Waals surface area contributed by atoms with E-state index < -0.39 is 24.7 Å². The first kappa shape index (κ1) is 14.3. The van der Waals surface area contributed by atoms with Crippen LogP contribution in [0.3, 0.4) is 0 Å². The lowest BCUT2D eigenvalue weighted by Crippen LogP contribution is -2.22. The molecule has 0 radical (unpaired) electrons. The molecule has 5 nitrogen and oxygen atoms in total. The SMILES string of the molecule is O=c1cc(-c2ccn3nccc3n2)ccn1CCC(F)(F)F. The Morgan fingerprint density at radius 3 is 2.68 bits per heavy atom. The molecule has 0 saturated carbocycles. The maximum Gasteiger partial charge on any atom is 0.390 e. The number of hydrogen-bond donors (Lipinski definition) is 0. The van der Waals surface area contributed by atoms with Gasteiger partial charge in [-0.05, 0) is 12.1 Å². The fourth-order valence-corrected chi connectivity index (χ4v) is 2.07. The average molecular weight is 308 g/mol. The van der Waals surface area contributed by atoms with E-state index in [1.807, 2.05) is 0 Å². The molecule has 0 N–H and O–H groups in total. The minimum absolute atomic E-state index is 0.391.